The summed E-state index contributed by atoms with van der Waals surface area (Å²) in [6.07, 6.45) is 4.16. The molecule has 2 aromatic rings. The van der Waals surface area contributed by atoms with Crippen molar-refractivity contribution in [1.29, 1.82) is 0 Å². The number of anilines is 1. The van der Waals surface area contributed by atoms with E-state index in [9.17, 15) is 4.79 Å². The maximum atomic E-state index is 11.9. The number of urea groups is 1. The zero-order valence-corrected chi connectivity index (χ0v) is 14.2. The molecule has 1 aliphatic rings. The lowest BCUT2D eigenvalue weighted by Gasteiger charge is -2.34. The van der Waals surface area contributed by atoms with Crippen LogP contribution in [0.4, 0.5) is 10.5 Å². The van der Waals surface area contributed by atoms with Gasteiger partial charge in [-0.3, -0.25) is 0 Å². The number of aliphatic hydroxyl groups is 1. The Labute approximate surface area is 147 Å². The lowest BCUT2D eigenvalue weighted by Crippen LogP contribution is -2.46. The highest BCUT2D eigenvalue weighted by molar-refractivity contribution is 5.89. The predicted molar refractivity (Wildman–Crippen MR) is 95.9 cm³/mol. The summed E-state index contributed by atoms with van der Waals surface area (Å²) >= 11 is 0. The lowest BCUT2D eigenvalue weighted by molar-refractivity contribution is 0.130. The van der Waals surface area contributed by atoms with Gasteiger partial charge in [0.25, 0.3) is 0 Å². The molecule has 0 spiro atoms. The van der Waals surface area contributed by atoms with Gasteiger partial charge >= 0.3 is 6.03 Å². The van der Waals surface area contributed by atoms with Crippen LogP contribution in [0.15, 0.2) is 42.6 Å². The Kier molecular flexibility index (Phi) is 5.50. The van der Waals surface area contributed by atoms with Gasteiger partial charge in [0.15, 0.2) is 0 Å². The summed E-state index contributed by atoms with van der Waals surface area (Å²) in [4.78, 5) is 16.1. The number of aliphatic hydroxyl groups excluding tert-OH is 1. The van der Waals surface area contributed by atoms with Gasteiger partial charge in [0.05, 0.1) is 11.9 Å². The van der Waals surface area contributed by atoms with Gasteiger partial charge in [-0.15, -0.1) is 0 Å². The Morgan fingerprint density at radius 1 is 1.32 bits per heavy atom. The van der Waals surface area contributed by atoms with E-state index in [1.165, 1.54) is 5.56 Å². The molecule has 0 atom stereocenters. The first-order valence-corrected chi connectivity index (χ1v) is 8.57. The molecule has 1 saturated carbocycles. The van der Waals surface area contributed by atoms with E-state index in [0.29, 0.717) is 17.5 Å². The van der Waals surface area contributed by atoms with Gasteiger partial charge in [-0.2, -0.15) is 0 Å². The summed E-state index contributed by atoms with van der Waals surface area (Å²) in [5.41, 5.74) is 1.80. The Morgan fingerprint density at radius 3 is 2.84 bits per heavy atom. The van der Waals surface area contributed by atoms with Crippen molar-refractivity contribution < 1.29 is 14.6 Å². The molecule has 1 fully saturated rings. The number of carbonyl (C=O) groups is 1. The number of carbonyl (C=O) groups excluding carboxylic acids is 1. The zero-order chi connectivity index (χ0) is 17.6. The third-order valence-corrected chi connectivity index (χ3v) is 4.35. The fraction of sp³-hybridized carbons (Fsp3) is 0.368. The number of hydrogen-bond acceptors (Lipinski definition) is 4. The molecule has 132 valence electrons. The summed E-state index contributed by atoms with van der Waals surface area (Å²) in [6, 6.07) is 11.2. The van der Waals surface area contributed by atoms with Crippen molar-refractivity contribution in [3.05, 3.63) is 48.2 Å². The standard InChI is InChI=1S/C19H23N3O3/c1-2-13-4-3-5-17(10-13)25-18-7-6-15(11-20-18)21-19(24)22-16-8-14(9-16)12-23/h3-7,10-11,14,16,23H,2,8-9,12H2,1H3,(H2,21,22,24). The number of amides is 2. The smallest absolute Gasteiger partial charge is 0.319 e. The van der Waals surface area contributed by atoms with Crippen LogP contribution in [0, 0.1) is 5.92 Å². The molecule has 0 bridgehead atoms. The summed E-state index contributed by atoms with van der Waals surface area (Å²) < 4.78 is 5.73. The van der Waals surface area contributed by atoms with Crippen molar-refractivity contribution >= 4 is 11.7 Å². The zero-order valence-electron chi connectivity index (χ0n) is 14.2. The molecule has 1 aromatic carbocycles. The van der Waals surface area contributed by atoms with Crippen LogP contribution < -0.4 is 15.4 Å². The van der Waals surface area contributed by atoms with Crippen LogP contribution in [0.25, 0.3) is 0 Å². The average molecular weight is 341 g/mol. The molecule has 1 aliphatic carbocycles. The first-order valence-electron chi connectivity index (χ1n) is 8.57. The fourth-order valence-corrected chi connectivity index (χ4v) is 2.82. The SMILES string of the molecule is CCc1cccc(Oc2ccc(NC(=O)NC3CC(CO)C3)cn2)c1. The molecule has 2 amide bonds. The predicted octanol–water partition coefficient (Wildman–Crippen LogP) is 3.33. The molecular weight excluding hydrogens is 318 g/mol. The highest BCUT2D eigenvalue weighted by Gasteiger charge is 2.29. The van der Waals surface area contributed by atoms with Gasteiger partial charge < -0.3 is 20.5 Å². The summed E-state index contributed by atoms with van der Waals surface area (Å²) in [5, 5.41) is 14.6. The summed E-state index contributed by atoms with van der Waals surface area (Å²) in [6.45, 7) is 2.28. The molecule has 3 N–H and O–H groups in total. The number of nitrogens with one attached hydrogen (secondary N) is 2. The minimum Gasteiger partial charge on any atom is -0.439 e. The van der Waals surface area contributed by atoms with Crippen LogP contribution in [0.5, 0.6) is 11.6 Å². The molecular formula is C19H23N3O3. The lowest BCUT2D eigenvalue weighted by atomic mass is 9.81. The largest absolute Gasteiger partial charge is 0.439 e. The van der Waals surface area contributed by atoms with E-state index in [4.69, 9.17) is 9.84 Å². The van der Waals surface area contributed by atoms with Crippen molar-refractivity contribution in [2.75, 3.05) is 11.9 Å². The summed E-state index contributed by atoms with van der Waals surface area (Å²) in [7, 11) is 0. The molecule has 0 saturated heterocycles. The van der Waals surface area contributed by atoms with Gasteiger partial charge in [0.2, 0.25) is 5.88 Å². The second-order valence-electron chi connectivity index (χ2n) is 6.30. The van der Waals surface area contributed by atoms with Gasteiger partial charge in [-0.05, 0) is 48.9 Å². The number of aryl methyl sites for hydroxylation is 1. The average Bonchev–Trinajstić information content (AvgIpc) is 2.59. The van der Waals surface area contributed by atoms with E-state index in [1.807, 2.05) is 18.2 Å². The van der Waals surface area contributed by atoms with Gasteiger partial charge in [0, 0.05) is 18.7 Å². The molecule has 3 rings (SSSR count). The molecule has 0 aliphatic heterocycles. The van der Waals surface area contributed by atoms with Gasteiger partial charge in [-0.1, -0.05) is 19.1 Å². The second-order valence-corrected chi connectivity index (χ2v) is 6.30. The highest BCUT2D eigenvalue weighted by Crippen LogP contribution is 2.26. The number of rotatable bonds is 6. The van der Waals surface area contributed by atoms with Crippen molar-refractivity contribution in [1.82, 2.24) is 10.3 Å². The van der Waals surface area contributed by atoms with E-state index in [2.05, 4.69) is 28.6 Å². The van der Waals surface area contributed by atoms with Crippen LogP contribution in [-0.4, -0.2) is 28.8 Å². The number of nitrogens with zero attached hydrogens (tertiary/aromatic N) is 1. The molecule has 6 heteroatoms. The number of pyridine rings is 1. The first-order chi connectivity index (χ1) is 12.2. The Balaban J connectivity index is 1.50. The normalized spacial score (nSPS) is 19.0. The third-order valence-electron chi connectivity index (χ3n) is 4.35. The summed E-state index contributed by atoms with van der Waals surface area (Å²) in [5.74, 6) is 1.53. The highest BCUT2D eigenvalue weighted by atomic mass is 16.5. The Morgan fingerprint density at radius 2 is 2.16 bits per heavy atom. The quantitative estimate of drug-likeness (QED) is 0.752. The van der Waals surface area contributed by atoms with Crippen LogP contribution in [0.2, 0.25) is 0 Å². The molecule has 0 radical (unpaired) electrons. The topological polar surface area (TPSA) is 83.5 Å². The number of aromatic nitrogens is 1. The minimum atomic E-state index is -0.257. The maximum Gasteiger partial charge on any atom is 0.319 e. The second kappa shape index (κ2) is 7.98. The van der Waals surface area contributed by atoms with E-state index < -0.39 is 0 Å². The fourth-order valence-electron chi connectivity index (χ4n) is 2.82. The molecule has 6 nitrogen and oxygen atoms in total. The van der Waals surface area contributed by atoms with E-state index in [1.54, 1.807) is 18.3 Å². The van der Waals surface area contributed by atoms with Crippen LogP contribution >= 0.6 is 0 Å². The minimum absolute atomic E-state index is 0.138. The number of benzene rings is 1. The van der Waals surface area contributed by atoms with E-state index in [0.717, 1.165) is 25.0 Å². The van der Waals surface area contributed by atoms with Crippen molar-refractivity contribution in [2.24, 2.45) is 5.92 Å². The van der Waals surface area contributed by atoms with Crippen LogP contribution in [-0.2, 0) is 6.42 Å². The number of hydrogen-bond donors (Lipinski definition) is 3. The van der Waals surface area contributed by atoms with Gasteiger partial charge in [-0.25, -0.2) is 9.78 Å². The Hall–Kier alpha value is -2.60. The van der Waals surface area contributed by atoms with Crippen LogP contribution in [0.3, 0.4) is 0 Å². The third kappa shape index (κ3) is 4.70. The Bertz CT molecular complexity index is 712. The molecule has 25 heavy (non-hydrogen) atoms. The molecule has 1 aromatic heterocycles. The van der Waals surface area contributed by atoms with Crippen molar-refractivity contribution in [2.45, 2.75) is 32.2 Å². The van der Waals surface area contributed by atoms with Gasteiger partial charge in [0.1, 0.15) is 5.75 Å². The monoisotopic (exact) mass is 341 g/mol. The van der Waals surface area contributed by atoms with Crippen LogP contribution in [0.1, 0.15) is 25.3 Å². The van der Waals surface area contributed by atoms with E-state index in [-0.39, 0.29) is 18.7 Å². The molecule has 1 heterocycles. The van der Waals surface area contributed by atoms with Crippen molar-refractivity contribution in [3.8, 4) is 11.6 Å². The number of ether oxygens (including phenoxy) is 1. The maximum absolute atomic E-state index is 11.9. The van der Waals surface area contributed by atoms with Crippen molar-refractivity contribution in [3.63, 3.8) is 0 Å². The molecule has 0 unspecified atom stereocenters. The van der Waals surface area contributed by atoms with E-state index >= 15 is 0 Å². The first kappa shape index (κ1) is 17.2.